The van der Waals surface area contributed by atoms with Crippen LogP contribution in [0.3, 0.4) is 0 Å². The highest BCUT2D eigenvalue weighted by molar-refractivity contribution is 7.99. The molecule has 19 heavy (non-hydrogen) atoms. The second-order valence-electron chi connectivity index (χ2n) is 3.44. The van der Waals surface area contributed by atoms with Crippen LogP contribution in [0.2, 0.25) is 0 Å². The molecule has 0 amide bonds. The number of aromatic amines is 1. The first-order valence-electron chi connectivity index (χ1n) is 5.07. The molecule has 2 aromatic rings. The summed E-state index contributed by atoms with van der Waals surface area (Å²) in [5.41, 5.74) is -0.307. The largest absolute Gasteiger partial charge is 0.301 e. The van der Waals surface area contributed by atoms with E-state index in [1.807, 2.05) is 0 Å². The number of rotatable bonds is 4. The van der Waals surface area contributed by atoms with Gasteiger partial charge in [0.25, 0.3) is 11.2 Å². The second-order valence-corrected chi connectivity index (χ2v) is 4.47. The fourth-order valence-electron chi connectivity index (χ4n) is 1.34. The maximum Gasteiger partial charge on any atom is 0.270 e. The van der Waals surface area contributed by atoms with E-state index < -0.39 is 4.92 Å². The van der Waals surface area contributed by atoms with Crippen molar-refractivity contribution in [2.45, 2.75) is 10.1 Å². The van der Waals surface area contributed by atoms with Crippen LogP contribution in [0, 0.1) is 10.1 Å². The molecule has 1 N–H and O–H groups in total. The summed E-state index contributed by atoms with van der Waals surface area (Å²) < 4.78 is 0. The number of nitrogens with zero attached hydrogens (tertiary/aromatic N) is 2. The zero-order chi connectivity index (χ0) is 13.8. The molecule has 96 valence electrons. The van der Waals surface area contributed by atoms with Gasteiger partial charge in [0.2, 0.25) is 0 Å². The molecular formula is C11H7N3O4S. The molecule has 0 fully saturated rings. The monoisotopic (exact) mass is 277 g/mol. The number of nitro groups is 1. The molecule has 1 heterocycles. The summed E-state index contributed by atoms with van der Waals surface area (Å²) >= 11 is 1.05. The lowest BCUT2D eigenvalue weighted by Crippen LogP contribution is -2.05. The van der Waals surface area contributed by atoms with Gasteiger partial charge in [-0.1, -0.05) is 11.8 Å². The average Bonchev–Trinajstić information content (AvgIpc) is 2.39. The Balaban J connectivity index is 2.37. The standard InChI is InChI=1S/C11H7N3O4S/c15-6-7-5-8(14(17)18)1-2-9(7)19-11-12-4-3-10(16)13-11/h1-6H,(H,12,13,16). The summed E-state index contributed by atoms with van der Waals surface area (Å²) in [7, 11) is 0. The third kappa shape index (κ3) is 3.05. The molecule has 0 spiro atoms. The SMILES string of the molecule is O=Cc1cc([N+](=O)[O-])ccc1Sc1nccc(=O)[nH]1. The summed E-state index contributed by atoms with van der Waals surface area (Å²) in [5, 5.41) is 10.9. The van der Waals surface area contributed by atoms with Gasteiger partial charge in [0, 0.05) is 34.9 Å². The van der Waals surface area contributed by atoms with Crippen LogP contribution in [0.1, 0.15) is 10.4 Å². The third-order valence-corrected chi connectivity index (χ3v) is 3.18. The zero-order valence-electron chi connectivity index (χ0n) is 9.40. The second kappa shape index (κ2) is 5.44. The summed E-state index contributed by atoms with van der Waals surface area (Å²) in [6, 6.07) is 5.17. The molecule has 7 nitrogen and oxygen atoms in total. The lowest BCUT2D eigenvalue weighted by Gasteiger charge is -2.03. The van der Waals surface area contributed by atoms with Gasteiger partial charge in [-0.15, -0.1) is 0 Å². The first kappa shape index (κ1) is 13.0. The van der Waals surface area contributed by atoms with Crippen molar-refractivity contribution in [2.75, 3.05) is 0 Å². The van der Waals surface area contributed by atoms with Crippen molar-refractivity contribution in [1.82, 2.24) is 9.97 Å². The van der Waals surface area contributed by atoms with Crippen LogP contribution < -0.4 is 5.56 Å². The Morgan fingerprint density at radius 2 is 2.16 bits per heavy atom. The van der Waals surface area contributed by atoms with E-state index in [4.69, 9.17) is 0 Å². The molecule has 1 aromatic carbocycles. The lowest BCUT2D eigenvalue weighted by molar-refractivity contribution is -0.384. The number of hydrogen-bond acceptors (Lipinski definition) is 6. The van der Waals surface area contributed by atoms with Crippen LogP contribution in [-0.4, -0.2) is 21.2 Å². The summed E-state index contributed by atoms with van der Waals surface area (Å²) in [4.78, 5) is 39.0. The number of H-pyrrole nitrogens is 1. The molecule has 8 heteroatoms. The molecule has 0 radical (unpaired) electrons. The van der Waals surface area contributed by atoms with E-state index in [1.54, 1.807) is 0 Å². The van der Waals surface area contributed by atoms with E-state index in [0.717, 1.165) is 11.8 Å². The van der Waals surface area contributed by atoms with E-state index in [-0.39, 0.29) is 16.8 Å². The lowest BCUT2D eigenvalue weighted by atomic mass is 10.2. The molecule has 0 bridgehead atoms. The fraction of sp³-hybridized carbons (Fsp3) is 0. The minimum absolute atomic E-state index is 0.166. The smallest absolute Gasteiger partial charge is 0.270 e. The molecule has 1 aromatic heterocycles. The van der Waals surface area contributed by atoms with Gasteiger partial charge >= 0.3 is 0 Å². The van der Waals surface area contributed by atoms with E-state index in [2.05, 4.69) is 9.97 Å². The number of carbonyl (C=O) groups is 1. The van der Waals surface area contributed by atoms with Gasteiger partial charge in [-0.25, -0.2) is 4.98 Å². The minimum Gasteiger partial charge on any atom is -0.301 e. The van der Waals surface area contributed by atoms with Crippen LogP contribution in [0.25, 0.3) is 0 Å². The van der Waals surface area contributed by atoms with Gasteiger partial charge in [0.05, 0.1) is 4.92 Å². The number of non-ortho nitro benzene ring substituents is 1. The summed E-state index contributed by atoms with van der Waals surface area (Å²) in [5.74, 6) is 0. The molecule has 0 aliphatic heterocycles. The van der Waals surface area contributed by atoms with Gasteiger partial charge in [-0.05, 0) is 6.07 Å². The van der Waals surface area contributed by atoms with E-state index in [1.165, 1.54) is 30.5 Å². The number of benzene rings is 1. The molecule has 0 aliphatic carbocycles. The number of carbonyl (C=O) groups excluding carboxylic acids is 1. The highest BCUT2D eigenvalue weighted by atomic mass is 32.2. The first-order chi connectivity index (χ1) is 9.10. The molecule has 0 aliphatic rings. The molecule has 0 unspecified atom stereocenters. The Hall–Kier alpha value is -2.48. The van der Waals surface area contributed by atoms with Crippen LogP contribution >= 0.6 is 11.8 Å². The van der Waals surface area contributed by atoms with Crippen molar-refractivity contribution in [2.24, 2.45) is 0 Å². The Kier molecular flexibility index (Phi) is 3.71. The highest BCUT2D eigenvalue weighted by Crippen LogP contribution is 2.29. The number of aldehydes is 1. The van der Waals surface area contributed by atoms with Crippen LogP contribution in [-0.2, 0) is 0 Å². The van der Waals surface area contributed by atoms with Gasteiger partial charge in [-0.2, -0.15) is 0 Å². The fourth-order valence-corrected chi connectivity index (χ4v) is 2.18. The van der Waals surface area contributed by atoms with Crippen molar-refractivity contribution in [3.05, 3.63) is 56.5 Å². The van der Waals surface area contributed by atoms with Crippen molar-refractivity contribution in [3.63, 3.8) is 0 Å². The Bertz CT molecular complexity index is 698. The third-order valence-electron chi connectivity index (χ3n) is 2.19. The van der Waals surface area contributed by atoms with Gasteiger partial charge in [0.1, 0.15) is 0 Å². The normalized spacial score (nSPS) is 10.1. The predicted octanol–water partition coefficient (Wildman–Crippen LogP) is 1.64. The quantitative estimate of drug-likeness (QED) is 0.394. The van der Waals surface area contributed by atoms with Crippen LogP contribution in [0.5, 0.6) is 0 Å². The van der Waals surface area contributed by atoms with E-state index in [9.17, 15) is 19.7 Å². The predicted molar refractivity (Wildman–Crippen MR) is 67.5 cm³/mol. The first-order valence-corrected chi connectivity index (χ1v) is 5.88. The number of nitrogens with one attached hydrogen (secondary N) is 1. The zero-order valence-corrected chi connectivity index (χ0v) is 10.2. The number of nitro benzene ring substituents is 1. The van der Waals surface area contributed by atoms with E-state index >= 15 is 0 Å². The van der Waals surface area contributed by atoms with Crippen molar-refractivity contribution in [1.29, 1.82) is 0 Å². The maximum absolute atomic E-state index is 11.1. The Labute approximate surface area is 110 Å². The summed E-state index contributed by atoms with van der Waals surface area (Å²) in [6.45, 7) is 0. The molecule has 0 atom stereocenters. The van der Waals surface area contributed by atoms with Gasteiger partial charge in [0.15, 0.2) is 11.4 Å². The molecule has 0 saturated carbocycles. The van der Waals surface area contributed by atoms with Crippen LogP contribution in [0.15, 0.2) is 45.3 Å². The minimum atomic E-state index is -0.579. The highest BCUT2D eigenvalue weighted by Gasteiger charge is 2.12. The van der Waals surface area contributed by atoms with Crippen molar-refractivity contribution >= 4 is 23.7 Å². The van der Waals surface area contributed by atoms with Crippen molar-refractivity contribution in [3.8, 4) is 0 Å². The number of hydrogen-bond donors (Lipinski definition) is 1. The maximum atomic E-state index is 11.1. The van der Waals surface area contributed by atoms with Crippen molar-refractivity contribution < 1.29 is 9.72 Å². The summed E-state index contributed by atoms with van der Waals surface area (Å²) in [6.07, 6.45) is 1.86. The topological polar surface area (TPSA) is 106 Å². The van der Waals surface area contributed by atoms with Crippen LogP contribution in [0.4, 0.5) is 5.69 Å². The van der Waals surface area contributed by atoms with E-state index in [0.29, 0.717) is 16.3 Å². The number of aromatic nitrogens is 2. The molecule has 2 rings (SSSR count). The van der Waals surface area contributed by atoms with Gasteiger partial charge in [-0.3, -0.25) is 19.7 Å². The molecular weight excluding hydrogens is 270 g/mol. The van der Waals surface area contributed by atoms with Gasteiger partial charge < -0.3 is 4.98 Å². The average molecular weight is 277 g/mol. The Morgan fingerprint density at radius 3 is 2.79 bits per heavy atom. The Morgan fingerprint density at radius 1 is 1.37 bits per heavy atom. The molecule has 0 saturated heterocycles.